The molecule has 1 aliphatic rings. The monoisotopic (exact) mass is 241 g/mol. The number of hydrogen-bond acceptors (Lipinski definition) is 3. The molecule has 0 fully saturated rings. The van der Waals surface area contributed by atoms with Crippen molar-refractivity contribution in [3.8, 4) is 6.01 Å². The van der Waals surface area contributed by atoms with Gasteiger partial charge in [-0.1, -0.05) is 36.3 Å². The summed E-state index contributed by atoms with van der Waals surface area (Å²) in [6.07, 6.45) is 3.89. The summed E-state index contributed by atoms with van der Waals surface area (Å²) in [5.74, 6) is 0.935. The Balaban J connectivity index is 2.23. The average Bonchev–Trinajstić information content (AvgIpc) is 2.73. The lowest BCUT2D eigenvalue weighted by Crippen LogP contribution is -2.03. The number of fused-ring (bicyclic) bond motifs is 2. The van der Waals surface area contributed by atoms with Gasteiger partial charge in [-0.05, 0) is 23.6 Å². The molecule has 92 valence electrons. The van der Waals surface area contributed by atoms with Gasteiger partial charge in [0.05, 0.1) is 7.11 Å². The second-order valence-corrected chi connectivity index (χ2v) is 4.30. The first-order chi connectivity index (χ1) is 8.83. The van der Waals surface area contributed by atoms with Crippen molar-refractivity contribution in [3.05, 3.63) is 41.2 Å². The van der Waals surface area contributed by atoms with E-state index in [1.807, 2.05) is 4.57 Å². The maximum absolute atomic E-state index is 5.29. The molecule has 1 aromatic carbocycles. The third-order valence-electron chi connectivity index (χ3n) is 3.26. The zero-order valence-electron chi connectivity index (χ0n) is 10.6. The van der Waals surface area contributed by atoms with Gasteiger partial charge in [0.25, 0.3) is 0 Å². The van der Waals surface area contributed by atoms with Gasteiger partial charge in [0, 0.05) is 12.1 Å². The minimum Gasteiger partial charge on any atom is -0.467 e. The summed E-state index contributed by atoms with van der Waals surface area (Å²) < 4.78 is 7.30. The molecule has 0 aliphatic carbocycles. The number of nitrogens with zero attached hydrogens (tertiary/aromatic N) is 3. The van der Waals surface area contributed by atoms with Gasteiger partial charge in [0.2, 0.25) is 0 Å². The highest BCUT2D eigenvalue weighted by Crippen LogP contribution is 2.28. The number of benzene rings is 1. The van der Waals surface area contributed by atoms with E-state index >= 15 is 0 Å². The summed E-state index contributed by atoms with van der Waals surface area (Å²) in [5.41, 5.74) is 3.69. The molecule has 0 atom stereocenters. The smallest absolute Gasteiger partial charge is 0.321 e. The van der Waals surface area contributed by atoms with Crippen molar-refractivity contribution in [2.45, 2.75) is 19.8 Å². The Kier molecular flexibility index (Phi) is 2.63. The molecular formula is C14H15N3O. The number of rotatable bonds is 2. The third-order valence-corrected chi connectivity index (χ3v) is 3.26. The molecule has 0 unspecified atom stereocenters. The van der Waals surface area contributed by atoms with E-state index in [1.54, 1.807) is 7.11 Å². The Hall–Kier alpha value is -2.10. The highest BCUT2D eigenvalue weighted by molar-refractivity contribution is 5.74. The van der Waals surface area contributed by atoms with Crippen molar-refractivity contribution in [2.75, 3.05) is 7.11 Å². The van der Waals surface area contributed by atoms with Gasteiger partial charge in [-0.25, -0.2) is 0 Å². The molecule has 4 nitrogen and oxygen atoms in total. The van der Waals surface area contributed by atoms with Crippen molar-refractivity contribution in [1.29, 1.82) is 0 Å². The van der Waals surface area contributed by atoms with Gasteiger partial charge in [-0.3, -0.25) is 4.57 Å². The predicted molar refractivity (Wildman–Crippen MR) is 70.3 cm³/mol. The van der Waals surface area contributed by atoms with E-state index in [0.29, 0.717) is 6.01 Å². The first-order valence-corrected chi connectivity index (χ1v) is 6.10. The van der Waals surface area contributed by atoms with Crippen LogP contribution >= 0.6 is 0 Å². The van der Waals surface area contributed by atoms with Crippen LogP contribution in [-0.4, -0.2) is 21.9 Å². The summed E-state index contributed by atoms with van der Waals surface area (Å²) in [5, 5.41) is 8.31. The first-order valence-electron chi connectivity index (χ1n) is 6.10. The van der Waals surface area contributed by atoms with Gasteiger partial charge in [-0.15, -0.1) is 5.10 Å². The standard InChI is InChI=1S/C14H15N3O/c1-3-12-8-10-6-4-5-7-11(10)9-13-15-16-14(18-2)17(12)13/h4-8H,3,9H2,1-2H3. The lowest BCUT2D eigenvalue weighted by molar-refractivity contribution is 0.371. The number of allylic oxidation sites excluding steroid dienone is 1. The fourth-order valence-electron chi connectivity index (χ4n) is 2.35. The molecule has 4 heteroatoms. The highest BCUT2D eigenvalue weighted by Gasteiger charge is 2.19. The molecular weight excluding hydrogens is 226 g/mol. The van der Waals surface area contributed by atoms with E-state index in [4.69, 9.17) is 4.74 Å². The SMILES string of the molecule is CCC1=Cc2ccccc2Cc2nnc(OC)n21. The zero-order valence-corrected chi connectivity index (χ0v) is 10.6. The van der Waals surface area contributed by atoms with Crippen LogP contribution < -0.4 is 4.74 Å². The number of methoxy groups -OCH3 is 1. The summed E-state index contributed by atoms with van der Waals surface area (Å²) in [4.78, 5) is 0. The van der Waals surface area contributed by atoms with Crippen LogP contribution in [0.5, 0.6) is 6.01 Å². The molecule has 2 heterocycles. The molecule has 3 rings (SSSR count). The molecule has 0 N–H and O–H groups in total. The van der Waals surface area contributed by atoms with Gasteiger partial charge < -0.3 is 4.74 Å². The van der Waals surface area contributed by atoms with Crippen LogP contribution in [0.25, 0.3) is 11.8 Å². The number of hydrogen-bond donors (Lipinski definition) is 0. The fourth-order valence-corrected chi connectivity index (χ4v) is 2.35. The summed E-state index contributed by atoms with van der Waals surface area (Å²) in [6.45, 7) is 2.13. The van der Waals surface area contributed by atoms with Crippen molar-refractivity contribution >= 4 is 11.8 Å². The number of ether oxygens (including phenoxy) is 1. The van der Waals surface area contributed by atoms with E-state index in [0.717, 1.165) is 24.4 Å². The van der Waals surface area contributed by atoms with Crippen LogP contribution in [0.2, 0.25) is 0 Å². The van der Waals surface area contributed by atoms with Gasteiger partial charge in [0.1, 0.15) is 5.82 Å². The van der Waals surface area contributed by atoms with E-state index < -0.39 is 0 Å². The summed E-state index contributed by atoms with van der Waals surface area (Å²) in [6, 6.07) is 8.95. The van der Waals surface area contributed by atoms with Crippen LogP contribution in [0.4, 0.5) is 0 Å². The van der Waals surface area contributed by atoms with Crippen molar-refractivity contribution in [3.63, 3.8) is 0 Å². The summed E-state index contributed by atoms with van der Waals surface area (Å²) >= 11 is 0. The minimum atomic E-state index is 0.561. The normalized spacial score (nSPS) is 13.3. The van der Waals surface area contributed by atoms with Crippen LogP contribution in [0.15, 0.2) is 24.3 Å². The van der Waals surface area contributed by atoms with Gasteiger partial charge in [0.15, 0.2) is 0 Å². The lowest BCUT2D eigenvalue weighted by Gasteiger charge is -2.08. The van der Waals surface area contributed by atoms with E-state index in [2.05, 4.69) is 47.5 Å². The molecule has 2 aromatic rings. The Labute approximate surface area is 106 Å². The van der Waals surface area contributed by atoms with Crippen LogP contribution in [0, 0.1) is 0 Å². The van der Waals surface area contributed by atoms with Crippen LogP contribution in [-0.2, 0) is 6.42 Å². The van der Waals surface area contributed by atoms with Crippen LogP contribution in [0.3, 0.4) is 0 Å². The quantitative estimate of drug-likeness (QED) is 0.811. The maximum atomic E-state index is 5.29. The molecule has 0 saturated heterocycles. The second-order valence-electron chi connectivity index (χ2n) is 4.30. The van der Waals surface area contributed by atoms with E-state index in [9.17, 15) is 0 Å². The molecule has 1 aliphatic heterocycles. The Bertz CT molecular complexity index is 613. The predicted octanol–water partition coefficient (Wildman–Crippen LogP) is 2.60. The topological polar surface area (TPSA) is 39.9 Å². The molecule has 0 bridgehead atoms. The van der Waals surface area contributed by atoms with E-state index in [-0.39, 0.29) is 0 Å². The molecule has 0 saturated carbocycles. The Morgan fingerprint density at radius 2 is 2.11 bits per heavy atom. The van der Waals surface area contributed by atoms with Gasteiger partial charge >= 0.3 is 6.01 Å². The summed E-state index contributed by atoms with van der Waals surface area (Å²) in [7, 11) is 1.63. The largest absolute Gasteiger partial charge is 0.467 e. The fraction of sp³-hybridized carbons (Fsp3) is 0.286. The third kappa shape index (κ3) is 1.61. The van der Waals surface area contributed by atoms with Crippen LogP contribution in [0.1, 0.15) is 30.3 Å². The lowest BCUT2D eigenvalue weighted by atomic mass is 10.0. The van der Waals surface area contributed by atoms with Gasteiger partial charge in [-0.2, -0.15) is 0 Å². The second kappa shape index (κ2) is 4.29. The molecule has 0 radical (unpaired) electrons. The number of aromatic nitrogens is 3. The zero-order chi connectivity index (χ0) is 12.5. The maximum Gasteiger partial charge on any atom is 0.321 e. The van der Waals surface area contributed by atoms with Crippen molar-refractivity contribution < 1.29 is 4.74 Å². The minimum absolute atomic E-state index is 0.561. The van der Waals surface area contributed by atoms with E-state index in [1.165, 1.54) is 11.1 Å². The highest BCUT2D eigenvalue weighted by atomic mass is 16.5. The Morgan fingerprint density at radius 1 is 1.28 bits per heavy atom. The Morgan fingerprint density at radius 3 is 2.89 bits per heavy atom. The molecule has 1 aromatic heterocycles. The molecule has 18 heavy (non-hydrogen) atoms. The van der Waals surface area contributed by atoms with Crippen molar-refractivity contribution in [1.82, 2.24) is 14.8 Å². The van der Waals surface area contributed by atoms with Crippen molar-refractivity contribution in [2.24, 2.45) is 0 Å². The molecule has 0 spiro atoms. The first kappa shape index (κ1) is 11.0. The average molecular weight is 241 g/mol. The molecule has 0 amide bonds.